The van der Waals surface area contributed by atoms with E-state index in [4.69, 9.17) is 23.2 Å². The molecule has 0 aliphatic heterocycles. The summed E-state index contributed by atoms with van der Waals surface area (Å²) in [5.74, 6) is -0.581. The van der Waals surface area contributed by atoms with Crippen LogP contribution in [-0.4, -0.2) is 39.9 Å². The van der Waals surface area contributed by atoms with Crippen LogP contribution < -0.4 is 4.72 Å². The van der Waals surface area contributed by atoms with Crippen molar-refractivity contribution in [2.45, 2.75) is 5.75 Å². The van der Waals surface area contributed by atoms with E-state index in [-0.39, 0.29) is 18.2 Å². The molecule has 0 radical (unpaired) electrons. The van der Waals surface area contributed by atoms with Gasteiger partial charge < -0.3 is 4.90 Å². The van der Waals surface area contributed by atoms with Crippen molar-refractivity contribution >= 4 is 39.1 Å². The standard InChI is InChI=1S/C11H14Cl2N2O3S/c1-15(2)11(16)6-14-19(17,18)7-8-3-4-9(12)10(13)5-8/h3-5,14H,6-7H2,1-2H3. The third-order valence-electron chi connectivity index (χ3n) is 2.28. The minimum Gasteiger partial charge on any atom is -0.348 e. The van der Waals surface area contributed by atoms with Gasteiger partial charge in [-0.15, -0.1) is 0 Å². The van der Waals surface area contributed by atoms with Crippen LogP contribution in [0.3, 0.4) is 0 Å². The highest BCUT2D eigenvalue weighted by molar-refractivity contribution is 7.88. The fourth-order valence-corrected chi connectivity index (χ4v) is 2.61. The maximum Gasteiger partial charge on any atom is 0.237 e. The van der Waals surface area contributed by atoms with Crippen molar-refractivity contribution in [2.75, 3.05) is 20.6 Å². The van der Waals surface area contributed by atoms with Crippen molar-refractivity contribution in [1.82, 2.24) is 9.62 Å². The molecule has 1 rings (SSSR count). The van der Waals surface area contributed by atoms with Crippen molar-refractivity contribution in [1.29, 1.82) is 0 Å². The summed E-state index contributed by atoms with van der Waals surface area (Å²) in [6, 6.07) is 4.58. The number of nitrogens with one attached hydrogen (secondary N) is 1. The van der Waals surface area contributed by atoms with Crippen LogP contribution in [0.15, 0.2) is 18.2 Å². The molecule has 0 aliphatic rings. The number of amides is 1. The minimum absolute atomic E-state index is 0.259. The minimum atomic E-state index is -3.59. The molecular formula is C11H14Cl2N2O3S. The van der Waals surface area contributed by atoms with Crippen molar-refractivity contribution < 1.29 is 13.2 Å². The SMILES string of the molecule is CN(C)C(=O)CNS(=O)(=O)Cc1ccc(Cl)c(Cl)c1. The number of hydrogen-bond acceptors (Lipinski definition) is 3. The Morgan fingerprint density at radius 1 is 1.26 bits per heavy atom. The van der Waals surface area contributed by atoms with Gasteiger partial charge in [0.2, 0.25) is 15.9 Å². The van der Waals surface area contributed by atoms with Crippen LogP contribution >= 0.6 is 23.2 Å². The molecule has 0 atom stereocenters. The van der Waals surface area contributed by atoms with Gasteiger partial charge in [-0.25, -0.2) is 13.1 Å². The van der Waals surface area contributed by atoms with Crippen molar-refractivity contribution in [2.24, 2.45) is 0 Å². The zero-order chi connectivity index (χ0) is 14.6. The smallest absolute Gasteiger partial charge is 0.237 e. The fraction of sp³-hybridized carbons (Fsp3) is 0.364. The Balaban J connectivity index is 2.69. The quantitative estimate of drug-likeness (QED) is 0.892. The van der Waals surface area contributed by atoms with Crippen LogP contribution in [0, 0.1) is 0 Å². The van der Waals surface area contributed by atoms with Gasteiger partial charge in [-0.05, 0) is 17.7 Å². The molecule has 0 aromatic heterocycles. The lowest BCUT2D eigenvalue weighted by atomic mass is 10.2. The van der Waals surface area contributed by atoms with Crippen molar-refractivity contribution in [3.8, 4) is 0 Å². The van der Waals surface area contributed by atoms with E-state index in [9.17, 15) is 13.2 Å². The number of carbonyl (C=O) groups excluding carboxylic acids is 1. The Morgan fingerprint density at radius 3 is 2.42 bits per heavy atom. The number of rotatable bonds is 5. The van der Waals surface area contributed by atoms with Gasteiger partial charge in [0.25, 0.3) is 0 Å². The van der Waals surface area contributed by atoms with Crippen molar-refractivity contribution in [3.63, 3.8) is 0 Å². The van der Waals surface area contributed by atoms with E-state index >= 15 is 0 Å². The third-order valence-corrected chi connectivity index (χ3v) is 4.32. The molecule has 0 unspecified atom stereocenters. The first-order chi connectivity index (χ1) is 8.71. The molecule has 8 heteroatoms. The second kappa shape index (κ2) is 6.56. The Kier molecular flexibility index (Phi) is 5.61. The predicted octanol–water partition coefficient (Wildman–Crippen LogP) is 1.50. The van der Waals surface area contributed by atoms with E-state index in [0.29, 0.717) is 15.6 Å². The highest BCUT2D eigenvalue weighted by Crippen LogP contribution is 2.23. The lowest BCUT2D eigenvalue weighted by molar-refractivity contribution is -0.127. The Morgan fingerprint density at radius 2 is 1.89 bits per heavy atom. The number of hydrogen-bond donors (Lipinski definition) is 1. The number of carbonyl (C=O) groups is 1. The van der Waals surface area contributed by atoms with Gasteiger partial charge in [0.05, 0.1) is 22.3 Å². The first-order valence-corrected chi connectivity index (χ1v) is 7.73. The van der Waals surface area contributed by atoms with Crippen LogP contribution in [0.25, 0.3) is 0 Å². The Labute approximate surface area is 122 Å². The van der Waals surface area contributed by atoms with Crippen molar-refractivity contribution in [3.05, 3.63) is 33.8 Å². The molecule has 1 aromatic carbocycles. The summed E-state index contributed by atoms with van der Waals surface area (Å²) < 4.78 is 25.8. The lowest BCUT2D eigenvalue weighted by Crippen LogP contribution is -2.36. The number of nitrogens with zero attached hydrogens (tertiary/aromatic N) is 1. The summed E-state index contributed by atoms with van der Waals surface area (Å²) in [4.78, 5) is 12.6. The van der Waals surface area contributed by atoms with Crippen LogP contribution in [0.1, 0.15) is 5.56 Å². The van der Waals surface area contributed by atoms with Crippen LogP contribution in [0.4, 0.5) is 0 Å². The molecule has 5 nitrogen and oxygen atoms in total. The van der Waals surface area contributed by atoms with E-state index < -0.39 is 10.0 Å². The summed E-state index contributed by atoms with van der Waals surface area (Å²) >= 11 is 11.5. The molecule has 0 bridgehead atoms. The zero-order valence-corrected chi connectivity index (χ0v) is 12.8. The van der Waals surface area contributed by atoms with Gasteiger partial charge in [0.1, 0.15) is 0 Å². The molecule has 0 saturated heterocycles. The molecule has 106 valence electrons. The molecule has 0 aliphatic carbocycles. The number of likely N-dealkylation sites (N-methyl/N-ethyl adjacent to an activating group) is 1. The molecule has 0 spiro atoms. The summed E-state index contributed by atoms with van der Waals surface area (Å²) in [5.41, 5.74) is 0.499. The van der Waals surface area contributed by atoms with E-state index in [1.807, 2.05) is 0 Å². The molecule has 19 heavy (non-hydrogen) atoms. The third kappa shape index (κ3) is 5.36. The van der Waals surface area contributed by atoms with E-state index in [2.05, 4.69) is 4.72 Å². The predicted molar refractivity (Wildman–Crippen MR) is 75.8 cm³/mol. The van der Waals surface area contributed by atoms with Gasteiger partial charge in [-0.2, -0.15) is 0 Å². The highest BCUT2D eigenvalue weighted by atomic mass is 35.5. The van der Waals surface area contributed by atoms with E-state index in [0.717, 1.165) is 0 Å². The molecule has 0 fully saturated rings. The largest absolute Gasteiger partial charge is 0.348 e. The fourth-order valence-electron chi connectivity index (χ4n) is 1.23. The summed E-state index contributed by atoms with van der Waals surface area (Å²) in [6.45, 7) is -0.267. The van der Waals surface area contributed by atoms with Gasteiger partial charge in [-0.3, -0.25) is 4.79 Å². The molecule has 1 aromatic rings. The van der Waals surface area contributed by atoms with Crippen LogP contribution in [0.2, 0.25) is 10.0 Å². The second-order valence-corrected chi connectivity index (χ2v) is 6.74. The number of benzene rings is 1. The number of halogens is 2. The number of sulfonamides is 1. The molecular weight excluding hydrogens is 311 g/mol. The van der Waals surface area contributed by atoms with Gasteiger partial charge in [-0.1, -0.05) is 29.3 Å². The Bertz CT molecular complexity index is 573. The molecule has 0 saturated carbocycles. The average Bonchev–Trinajstić information content (AvgIpc) is 2.30. The normalized spacial score (nSPS) is 11.4. The highest BCUT2D eigenvalue weighted by Gasteiger charge is 2.14. The summed E-state index contributed by atoms with van der Waals surface area (Å²) in [7, 11) is -0.490. The summed E-state index contributed by atoms with van der Waals surface area (Å²) in [6.07, 6.45) is 0. The molecule has 1 N–H and O–H groups in total. The zero-order valence-electron chi connectivity index (χ0n) is 10.5. The average molecular weight is 325 g/mol. The van der Waals surface area contributed by atoms with Gasteiger partial charge in [0.15, 0.2) is 0 Å². The van der Waals surface area contributed by atoms with Crippen LogP contribution in [-0.2, 0) is 20.6 Å². The van der Waals surface area contributed by atoms with Gasteiger partial charge >= 0.3 is 0 Å². The summed E-state index contributed by atoms with van der Waals surface area (Å²) in [5, 5.41) is 0.650. The molecule has 0 heterocycles. The maximum atomic E-state index is 11.8. The Hall–Kier alpha value is -0.820. The topological polar surface area (TPSA) is 66.5 Å². The first kappa shape index (κ1) is 16.2. The lowest BCUT2D eigenvalue weighted by Gasteiger charge is -2.11. The first-order valence-electron chi connectivity index (χ1n) is 5.32. The monoisotopic (exact) mass is 324 g/mol. The van der Waals surface area contributed by atoms with Crippen LogP contribution in [0.5, 0.6) is 0 Å². The van der Waals surface area contributed by atoms with E-state index in [1.165, 1.54) is 17.0 Å². The second-order valence-electron chi connectivity index (χ2n) is 4.12. The van der Waals surface area contributed by atoms with Gasteiger partial charge in [0, 0.05) is 14.1 Å². The van der Waals surface area contributed by atoms with E-state index in [1.54, 1.807) is 20.2 Å². The maximum absolute atomic E-state index is 11.8. The molecule has 1 amide bonds.